The molecule has 2 aromatic carbocycles. The minimum absolute atomic E-state index is 0.220. The van der Waals surface area contributed by atoms with Gasteiger partial charge in [-0.25, -0.2) is 4.39 Å². The fraction of sp³-hybridized carbons (Fsp3) is 0.182. The number of rotatable bonds is 5. The maximum Gasteiger partial charge on any atom is 0.244 e. The van der Waals surface area contributed by atoms with Gasteiger partial charge in [0.1, 0.15) is 5.82 Å². The molecule has 0 saturated heterocycles. The third-order valence-electron chi connectivity index (χ3n) is 4.39. The van der Waals surface area contributed by atoms with Gasteiger partial charge in [-0.1, -0.05) is 56.3 Å². The quantitative estimate of drug-likeness (QED) is 0.691. The smallest absolute Gasteiger partial charge is 0.244 e. The first-order valence-corrected chi connectivity index (χ1v) is 8.52. The van der Waals surface area contributed by atoms with Gasteiger partial charge in [0.05, 0.1) is 5.52 Å². The Labute approximate surface area is 152 Å². The fourth-order valence-electron chi connectivity index (χ4n) is 2.90. The lowest BCUT2D eigenvalue weighted by molar-refractivity contribution is -0.116. The summed E-state index contributed by atoms with van der Waals surface area (Å²) in [6, 6.07) is 16.3. The highest BCUT2D eigenvalue weighted by atomic mass is 19.1. The van der Waals surface area contributed by atoms with E-state index >= 15 is 0 Å². The summed E-state index contributed by atoms with van der Waals surface area (Å²) in [5.41, 5.74) is 1.82. The molecular formula is C22H21FN2O. The molecule has 0 unspecified atom stereocenters. The van der Waals surface area contributed by atoms with Crippen LogP contribution in [0.3, 0.4) is 0 Å². The number of aromatic nitrogens is 1. The number of pyridine rings is 1. The number of para-hydroxylation sites is 1. The first-order chi connectivity index (χ1) is 12.5. The summed E-state index contributed by atoms with van der Waals surface area (Å²) in [5, 5.41) is 3.88. The minimum atomic E-state index is -0.504. The Balaban J connectivity index is 1.69. The van der Waals surface area contributed by atoms with Gasteiger partial charge in [0.2, 0.25) is 5.91 Å². The van der Waals surface area contributed by atoms with Crippen LogP contribution in [0.4, 0.5) is 4.39 Å². The molecule has 1 heterocycles. The highest BCUT2D eigenvalue weighted by Crippen LogP contribution is 2.24. The van der Waals surface area contributed by atoms with E-state index in [9.17, 15) is 9.18 Å². The number of nitrogens with one attached hydrogen (secondary N) is 1. The van der Waals surface area contributed by atoms with Crippen molar-refractivity contribution in [1.82, 2.24) is 10.3 Å². The predicted molar refractivity (Wildman–Crippen MR) is 103 cm³/mol. The Morgan fingerprint density at radius 3 is 2.69 bits per heavy atom. The van der Waals surface area contributed by atoms with Gasteiger partial charge in [-0.3, -0.25) is 9.78 Å². The SMILES string of the molecule is CC(C)(CNC(=O)/C=C/c1cccc2cccnc12)c1ccccc1F. The van der Waals surface area contributed by atoms with E-state index in [1.165, 1.54) is 12.1 Å². The van der Waals surface area contributed by atoms with E-state index in [4.69, 9.17) is 0 Å². The zero-order valence-corrected chi connectivity index (χ0v) is 14.9. The highest BCUT2D eigenvalue weighted by molar-refractivity contribution is 5.95. The van der Waals surface area contributed by atoms with E-state index in [1.807, 2.05) is 44.2 Å². The second-order valence-corrected chi connectivity index (χ2v) is 6.84. The fourth-order valence-corrected chi connectivity index (χ4v) is 2.90. The van der Waals surface area contributed by atoms with Crippen LogP contribution in [-0.2, 0) is 10.2 Å². The molecule has 0 saturated carbocycles. The zero-order chi connectivity index (χ0) is 18.6. The molecule has 0 fully saturated rings. The second-order valence-electron chi connectivity index (χ2n) is 6.84. The summed E-state index contributed by atoms with van der Waals surface area (Å²) in [7, 11) is 0. The van der Waals surface area contributed by atoms with Crippen molar-refractivity contribution in [3.8, 4) is 0 Å². The molecular weight excluding hydrogens is 327 g/mol. The van der Waals surface area contributed by atoms with Crippen LogP contribution in [0.2, 0.25) is 0 Å². The number of fused-ring (bicyclic) bond motifs is 1. The van der Waals surface area contributed by atoms with Gasteiger partial charge >= 0.3 is 0 Å². The molecule has 0 radical (unpaired) electrons. The van der Waals surface area contributed by atoms with Crippen molar-refractivity contribution in [3.05, 3.63) is 83.8 Å². The Morgan fingerprint density at radius 2 is 1.88 bits per heavy atom. The monoisotopic (exact) mass is 348 g/mol. The number of carbonyl (C=O) groups is 1. The van der Waals surface area contributed by atoms with Crippen LogP contribution in [0, 0.1) is 5.82 Å². The van der Waals surface area contributed by atoms with E-state index in [1.54, 1.807) is 30.5 Å². The average Bonchev–Trinajstić information content (AvgIpc) is 2.65. The zero-order valence-electron chi connectivity index (χ0n) is 14.9. The van der Waals surface area contributed by atoms with Crippen molar-refractivity contribution in [1.29, 1.82) is 0 Å². The van der Waals surface area contributed by atoms with Gasteiger partial charge in [0.25, 0.3) is 0 Å². The topological polar surface area (TPSA) is 42.0 Å². The molecule has 3 nitrogen and oxygen atoms in total. The van der Waals surface area contributed by atoms with Crippen LogP contribution < -0.4 is 5.32 Å². The maximum absolute atomic E-state index is 14.0. The van der Waals surface area contributed by atoms with E-state index in [0.29, 0.717) is 12.1 Å². The first kappa shape index (κ1) is 17.8. The molecule has 0 aliphatic rings. The molecule has 0 spiro atoms. The van der Waals surface area contributed by atoms with Crippen molar-refractivity contribution in [2.24, 2.45) is 0 Å². The van der Waals surface area contributed by atoms with Crippen LogP contribution in [0.25, 0.3) is 17.0 Å². The van der Waals surface area contributed by atoms with Gasteiger partial charge in [-0.2, -0.15) is 0 Å². The van der Waals surface area contributed by atoms with Gasteiger partial charge in [-0.05, 0) is 23.8 Å². The molecule has 0 atom stereocenters. The largest absolute Gasteiger partial charge is 0.352 e. The molecule has 3 rings (SSSR count). The predicted octanol–water partition coefficient (Wildman–Crippen LogP) is 4.48. The molecule has 1 N–H and O–H groups in total. The van der Waals surface area contributed by atoms with Crippen LogP contribution >= 0.6 is 0 Å². The molecule has 0 aliphatic heterocycles. The number of carbonyl (C=O) groups excluding carboxylic acids is 1. The summed E-state index contributed by atoms with van der Waals surface area (Å²) in [6.07, 6.45) is 4.97. The van der Waals surface area contributed by atoms with Crippen LogP contribution in [0.5, 0.6) is 0 Å². The van der Waals surface area contributed by atoms with Crippen LogP contribution in [-0.4, -0.2) is 17.4 Å². The maximum atomic E-state index is 14.0. The lowest BCUT2D eigenvalue weighted by atomic mass is 9.84. The molecule has 4 heteroatoms. The lowest BCUT2D eigenvalue weighted by Crippen LogP contribution is -2.36. The second kappa shape index (κ2) is 7.48. The third kappa shape index (κ3) is 3.97. The molecule has 0 aliphatic carbocycles. The third-order valence-corrected chi connectivity index (χ3v) is 4.39. The van der Waals surface area contributed by atoms with Gasteiger partial charge in [-0.15, -0.1) is 0 Å². The van der Waals surface area contributed by atoms with E-state index in [-0.39, 0.29) is 11.7 Å². The van der Waals surface area contributed by atoms with E-state index < -0.39 is 5.41 Å². The lowest BCUT2D eigenvalue weighted by Gasteiger charge is -2.25. The van der Waals surface area contributed by atoms with Crippen LogP contribution in [0.15, 0.2) is 66.9 Å². The standard InChI is InChI=1S/C22H21FN2O/c1-22(2,18-10-3-4-11-19(18)23)15-25-20(26)13-12-17-8-5-7-16-9-6-14-24-21(16)17/h3-14H,15H2,1-2H3,(H,25,26)/b13-12+. The normalized spacial score (nSPS) is 11.8. The summed E-state index contributed by atoms with van der Waals surface area (Å²) in [5.74, 6) is -0.480. The first-order valence-electron chi connectivity index (χ1n) is 8.52. The minimum Gasteiger partial charge on any atom is -0.352 e. The van der Waals surface area contributed by atoms with Crippen molar-refractivity contribution in [3.63, 3.8) is 0 Å². The van der Waals surface area contributed by atoms with Crippen molar-refractivity contribution >= 4 is 22.9 Å². The number of nitrogens with zero attached hydrogens (tertiary/aromatic N) is 1. The van der Waals surface area contributed by atoms with Crippen molar-refractivity contribution in [2.75, 3.05) is 6.54 Å². The summed E-state index contributed by atoms with van der Waals surface area (Å²) in [4.78, 5) is 16.6. The Kier molecular flexibility index (Phi) is 5.12. The number of hydrogen-bond donors (Lipinski definition) is 1. The van der Waals surface area contributed by atoms with Crippen LogP contribution in [0.1, 0.15) is 25.0 Å². The Bertz CT molecular complexity index is 958. The number of benzene rings is 2. The van der Waals surface area contributed by atoms with E-state index in [2.05, 4.69) is 10.3 Å². The van der Waals surface area contributed by atoms with Crippen molar-refractivity contribution in [2.45, 2.75) is 19.3 Å². The van der Waals surface area contributed by atoms with Gasteiger partial charge in [0.15, 0.2) is 0 Å². The molecule has 0 bridgehead atoms. The number of hydrogen-bond acceptors (Lipinski definition) is 2. The molecule has 3 aromatic rings. The van der Waals surface area contributed by atoms with Gasteiger partial charge in [0, 0.05) is 35.2 Å². The molecule has 26 heavy (non-hydrogen) atoms. The average molecular weight is 348 g/mol. The van der Waals surface area contributed by atoms with Crippen molar-refractivity contribution < 1.29 is 9.18 Å². The number of amides is 1. The molecule has 1 aromatic heterocycles. The number of halogens is 1. The Hall–Kier alpha value is -3.01. The summed E-state index contributed by atoms with van der Waals surface area (Å²) >= 11 is 0. The highest BCUT2D eigenvalue weighted by Gasteiger charge is 2.24. The summed E-state index contributed by atoms with van der Waals surface area (Å²) in [6.45, 7) is 4.15. The summed E-state index contributed by atoms with van der Waals surface area (Å²) < 4.78 is 14.0. The van der Waals surface area contributed by atoms with Gasteiger partial charge < -0.3 is 5.32 Å². The molecule has 1 amide bonds. The Morgan fingerprint density at radius 1 is 1.12 bits per heavy atom. The van der Waals surface area contributed by atoms with E-state index in [0.717, 1.165) is 16.5 Å². The molecule has 132 valence electrons.